The van der Waals surface area contributed by atoms with Gasteiger partial charge in [-0.25, -0.2) is 0 Å². The number of amides is 2. The van der Waals surface area contributed by atoms with Gasteiger partial charge < -0.3 is 20.4 Å². The van der Waals surface area contributed by atoms with E-state index in [-0.39, 0.29) is 12.3 Å². The van der Waals surface area contributed by atoms with E-state index in [2.05, 4.69) is 15.6 Å². The fourth-order valence-electron chi connectivity index (χ4n) is 3.58. The van der Waals surface area contributed by atoms with Crippen LogP contribution in [-0.2, 0) is 11.2 Å². The largest absolute Gasteiger partial charge is 0.495 e. The van der Waals surface area contributed by atoms with E-state index in [0.29, 0.717) is 27.0 Å². The van der Waals surface area contributed by atoms with Crippen LogP contribution in [0.2, 0.25) is 10.0 Å². The number of halogens is 2. The lowest BCUT2D eigenvalue weighted by Crippen LogP contribution is -2.45. The molecule has 4 aromatic rings. The molecule has 3 aromatic carbocycles. The quantitative estimate of drug-likeness (QED) is 0.327. The Morgan fingerprint density at radius 3 is 2.52 bits per heavy atom. The Kier molecular flexibility index (Phi) is 6.87. The second kappa shape index (κ2) is 9.98. The smallest absolute Gasteiger partial charge is 0.253 e. The van der Waals surface area contributed by atoms with Gasteiger partial charge in [-0.15, -0.1) is 0 Å². The van der Waals surface area contributed by atoms with Gasteiger partial charge in [-0.2, -0.15) is 0 Å². The number of fused-ring (bicyclic) bond motifs is 1. The van der Waals surface area contributed by atoms with Crippen LogP contribution in [0.3, 0.4) is 0 Å². The summed E-state index contributed by atoms with van der Waals surface area (Å²) in [5.74, 6) is -0.327. The number of carbonyl (C=O) groups excluding carboxylic acids is 2. The Bertz CT molecular complexity index is 1320. The molecule has 4 rings (SSSR count). The fourth-order valence-corrected chi connectivity index (χ4v) is 4.06. The molecule has 0 aliphatic rings. The molecule has 0 spiro atoms. The first-order valence-corrected chi connectivity index (χ1v) is 11.0. The number of hydrogen-bond acceptors (Lipinski definition) is 3. The van der Waals surface area contributed by atoms with Crippen molar-refractivity contribution >= 4 is 51.6 Å². The topological polar surface area (TPSA) is 83.2 Å². The van der Waals surface area contributed by atoms with Crippen molar-refractivity contribution in [2.75, 3.05) is 12.4 Å². The van der Waals surface area contributed by atoms with Gasteiger partial charge in [0.15, 0.2) is 0 Å². The van der Waals surface area contributed by atoms with Crippen molar-refractivity contribution in [2.45, 2.75) is 12.5 Å². The standard InChI is InChI=1S/C25H21Cl2N3O3/c1-33-23-11-10-16(13-20(23)27)29-25(32)22(30-24(31)18-7-2-4-8-19(18)26)12-15-14-28-21-9-5-3-6-17(15)21/h2-11,13-14,22,28H,12H2,1H3,(H,29,32)(H,30,31). The molecular formula is C25H21Cl2N3O3. The average molecular weight is 482 g/mol. The van der Waals surface area contributed by atoms with Crippen LogP contribution in [0.15, 0.2) is 72.9 Å². The van der Waals surface area contributed by atoms with E-state index >= 15 is 0 Å². The molecule has 33 heavy (non-hydrogen) atoms. The van der Waals surface area contributed by atoms with Gasteiger partial charge >= 0.3 is 0 Å². The predicted molar refractivity (Wildman–Crippen MR) is 131 cm³/mol. The average Bonchev–Trinajstić information content (AvgIpc) is 3.22. The number of methoxy groups -OCH3 is 1. The zero-order chi connectivity index (χ0) is 23.4. The number of rotatable bonds is 7. The molecule has 6 nitrogen and oxygen atoms in total. The number of ether oxygens (including phenoxy) is 1. The molecule has 1 unspecified atom stereocenters. The predicted octanol–water partition coefficient (Wildman–Crippen LogP) is 5.46. The van der Waals surface area contributed by atoms with Crippen molar-refractivity contribution in [3.63, 3.8) is 0 Å². The van der Waals surface area contributed by atoms with Crippen LogP contribution in [0.1, 0.15) is 15.9 Å². The molecular weight excluding hydrogens is 461 g/mol. The van der Waals surface area contributed by atoms with Gasteiger partial charge in [0.05, 0.1) is 22.7 Å². The van der Waals surface area contributed by atoms with E-state index in [9.17, 15) is 9.59 Å². The SMILES string of the molecule is COc1ccc(NC(=O)C(Cc2c[nH]c3ccccc23)NC(=O)c2ccccc2Cl)cc1Cl. The first kappa shape index (κ1) is 22.7. The van der Waals surface area contributed by atoms with Crippen LogP contribution in [0.5, 0.6) is 5.75 Å². The number of benzene rings is 3. The van der Waals surface area contributed by atoms with E-state index < -0.39 is 11.9 Å². The maximum Gasteiger partial charge on any atom is 0.253 e. The lowest BCUT2D eigenvalue weighted by atomic mass is 10.0. The second-order valence-electron chi connectivity index (χ2n) is 7.41. The van der Waals surface area contributed by atoms with Crippen LogP contribution in [-0.4, -0.2) is 29.9 Å². The monoisotopic (exact) mass is 481 g/mol. The van der Waals surface area contributed by atoms with Crippen LogP contribution >= 0.6 is 23.2 Å². The van der Waals surface area contributed by atoms with E-state index in [4.69, 9.17) is 27.9 Å². The molecule has 168 valence electrons. The van der Waals surface area contributed by atoms with Gasteiger partial charge in [-0.05, 0) is 42.0 Å². The van der Waals surface area contributed by atoms with E-state index in [1.807, 2.05) is 30.5 Å². The van der Waals surface area contributed by atoms with E-state index in [1.54, 1.807) is 42.5 Å². The number of H-pyrrole nitrogens is 1. The highest BCUT2D eigenvalue weighted by molar-refractivity contribution is 6.34. The molecule has 1 atom stereocenters. The molecule has 0 saturated heterocycles. The van der Waals surface area contributed by atoms with Crippen molar-refractivity contribution in [1.29, 1.82) is 0 Å². The molecule has 2 amide bonds. The van der Waals surface area contributed by atoms with Gasteiger partial charge in [0.25, 0.3) is 5.91 Å². The van der Waals surface area contributed by atoms with Gasteiger partial charge in [0.1, 0.15) is 11.8 Å². The Hall–Kier alpha value is -3.48. The van der Waals surface area contributed by atoms with Gasteiger partial charge in [-0.1, -0.05) is 53.5 Å². The molecule has 0 radical (unpaired) electrons. The minimum Gasteiger partial charge on any atom is -0.495 e. The summed E-state index contributed by atoms with van der Waals surface area (Å²) in [4.78, 5) is 29.4. The van der Waals surface area contributed by atoms with Crippen LogP contribution in [0, 0.1) is 0 Å². The Morgan fingerprint density at radius 1 is 1.00 bits per heavy atom. The number of anilines is 1. The van der Waals surface area contributed by atoms with Crippen molar-refractivity contribution in [1.82, 2.24) is 10.3 Å². The van der Waals surface area contributed by atoms with Crippen molar-refractivity contribution < 1.29 is 14.3 Å². The summed E-state index contributed by atoms with van der Waals surface area (Å²) >= 11 is 12.4. The number of nitrogens with one attached hydrogen (secondary N) is 3. The fraction of sp³-hybridized carbons (Fsp3) is 0.120. The van der Waals surface area contributed by atoms with Crippen LogP contribution in [0.25, 0.3) is 10.9 Å². The van der Waals surface area contributed by atoms with Gasteiger partial charge in [0, 0.05) is 29.2 Å². The van der Waals surface area contributed by atoms with Crippen molar-refractivity contribution in [2.24, 2.45) is 0 Å². The molecule has 8 heteroatoms. The second-order valence-corrected chi connectivity index (χ2v) is 8.22. The van der Waals surface area contributed by atoms with Crippen LogP contribution < -0.4 is 15.4 Å². The third kappa shape index (κ3) is 5.13. The molecule has 0 aliphatic carbocycles. The summed E-state index contributed by atoms with van der Waals surface area (Å²) in [7, 11) is 1.51. The lowest BCUT2D eigenvalue weighted by Gasteiger charge is -2.19. The number of carbonyl (C=O) groups is 2. The lowest BCUT2D eigenvalue weighted by molar-refractivity contribution is -0.118. The highest BCUT2D eigenvalue weighted by Crippen LogP contribution is 2.27. The summed E-state index contributed by atoms with van der Waals surface area (Å²) in [6.45, 7) is 0. The minimum absolute atomic E-state index is 0.274. The third-order valence-corrected chi connectivity index (χ3v) is 5.88. The van der Waals surface area contributed by atoms with Crippen molar-refractivity contribution in [3.8, 4) is 5.75 Å². The summed E-state index contributed by atoms with van der Waals surface area (Å²) in [6.07, 6.45) is 2.12. The number of aromatic amines is 1. The van der Waals surface area contributed by atoms with E-state index in [0.717, 1.165) is 16.5 Å². The zero-order valence-electron chi connectivity index (χ0n) is 17.7. The normalized spacial score (nSPS) is 11.7. The molecule has 3 N–H and O–H groups in total. The Balaban J connectivity index is 1.61. The molecule has 0 aliphatic heterocycles. The minimum atomic E-state index is -0.867. The molecule has 0 saturated carbocycles. The summed E-state index contributed by atoms with van der Waals surface area (Å²) in [6, 6.07) is 18.5. The Morgan fingerprint density at radius 2 is 1.76 bits per heavy atom. The van der Waals surface area contributed by atoms with Crippen molar-refractivity contribution in [3.05, 3.63) is 94.1 Å². The van der Waals surface area contributed by atoms with E-state index in [1.165, 1.54) is 7.11 Å². The molecule has 1 heterocycles. The van der Waals surface area contributed by atoms with Gasteiger partial charge in [0.2, 0.25) is 5.91 Å². The summed E-state index contributed by atoms with van der Waals surface area (Å²) in [5.41, 5.74) is 2.63. The molecule has 1 aromatic heterocycles. The van der Waals surface area contributed by atoms with Crippen LogP contribution in [0.4, 0.5) is 5.69 Å². The maximum absolute atomic E-state index is 13.2. The Labute approximate surface area is 200 Å². The number of hydrogen-bond donors (Lipinski definition) is 3. The zero-order valence-corrected chi connectivity index (χ0v) is 19.2. The maximum atomic E-state index is 13.2. The number of para-hydroxylation sites is 1. The number of aromatic nitrogens is 1. The third-order valence-electron chi connectivity index (χ3n) is 5.26. The molecule has 0 fully saturated rings. The molecule has 0 bridgehead atoms. The summed E-state index contributed by atoms with van der Waals surface area (Å²) in [5, 5.41) is 7.31. The first-order chi connectivity index (χ1) is 16.0. The first-order valence-electron chi connectivity index (χ1n) is 10.2. The van der Waals surface area contributed by atoms with Gasteiger partial charge in [-0.3, -0.25) is 9.59 Å². The highest BCUT2D eigenvalue weighted by Gasteiger charge is 2.24. The summed E-state index contributed by atoms with van der Waals surface area (Å²) < 4.78 is 5.16. The highest BCUT2D eigenvalue weighted by atomic mass is 35.5.